The number of ether oxygens (including phenoxy) is 2. The van der Waals surface area contributed by atoms with Gasteiger partial charge in [0.2, 0.25) is 0 Å². The van der Waals surface area contributed by atoms with Crippen LogP contribution in [-0.2, 0) is 16.2 Å². The fourth-order valence-electron chi connectivity index (χ4n) is 5.30. The first-order chi connectivity index (χ1) is 22.7. The number of amides is 4. The molecule has 6 rings (SSSR count). The Morgan fingerprint density at radius 2 is 1.53 bits per heavy atom. The van der Waals surface area contributed by atoms with E-state index >= 15 is 0 Å². The number of nitrogens with zero attached hydrogens (tertiary/aromatic N) is 2. The Labute approximate surface area is 290 Å². The van der Waals surface area contributed by atoms with E-state index in [-0.39, 0.29) is 12.2 Å². The van der Waals surface area contributed by atoms with Crippen LogP contribution in [0.1, 0.15) is 23.6 Å². The van der Waals surface area contributed by atoms with Gasteiger partial charge >= 0.3 is 6.03 Å². The van der Waals surface area contributed by atoms with E-state index in [1.165, 1.54) is 6.08 Å². The van der Waals surface area contributed by atoms with Gasteiger partial charge in [-0.15, -0.1) is 0 Å². The van der Waals surface area contributed by atoms with Crippen LogP contribution in [0.2, 0.25) is 10.0 Å². The van der Waals surface area contributed by atoms with Gasteiger partial charge in [0.05, 0.1) is 22.5 Å². The molecule has 0 N–H and O–H groups in total. The number of barbiturate groups is 1. The Hall–Kier alpha value is -4.63. The summed E-state index contributed by atoms with van der Waals surface area (Å²) in [6.45, 7) is 4.21. The summed E-state index contributed by atoms with van der Waals surface area (Å²) in [6.07, 6.45) is 1.46. The molecule has 47 heavy (non-hydrogen) atoms. The van der Waals surface area contributed by atoms with Crippen molar-refractivity contribution in [1.82, 2.24) is 0 Å². The fraction of sp³-hybridized carbons (Fsp3) is 0.108. The summed E-state index contributed by atoms with van der Waals surface area (Å²) < 4.78 is 12.5. The third-order valence-corrected chi connectivity index (χ3v) is 8.76. The maximum absolute atomic E-state index is 14.2. The average Bonchev–Trinajstić information content (AvgIpc) is 3.05. The van der Waals surface area contributed by atoms with E-state index in [2.05, 4.69) is 15.9 Å². The van der Waals surface area contributed by atoms with Crippen molar-refractivity contribution in [2.45, 2.75) is 20.5 Å². The molecule has 236 valence electrons. The molecule has 0 aliphatic carbocycles. The minimum absolute atomic E-state index is 0.139. The van der Waals surface area contributed by atoms with Crippen LogP contribution in [0.15, 0.2) is 107 Å². The van der Waals surface area contributed by atoms with E-state index in [0.29, 0.717) is 54.9 Å². The summed E-state index contributed by atoms with van der Waals surface area (Å²) in [5.74, 6) is -0.694. The largest absolute Gasteiger partial charge is 0.490 e. The molecule has 0 aromatic heterocycles. The molecular weight excluding hydrogens is 703 g/mol. The normalized spacial score (nSPS) is 14.3. The summed E-state index contributed by atoms with van der Waals surface area (Å²) in [4.78, 5) is 44.4. The van der Waals surface area contributed by atoms with Gasteiger partial charge in [-0.3, -0.25) is 9.59 Å². The third kappa shape index (κ3) is 6.49. The minimum atomic E-state index is -0.766. The molecule has 1 saturated heterocycles. The molecule has 1 heterocycles. The molecule has 5 aromatic carbocycles. The molecular formula is C37H27BrCl2N2O5. The first-order valence-electron chi connectivity index (χ1n) is 14.7. The lowest BCUT2D eigenvalue weighted by molar-refractivity contribution is -0.121. The second-order valence-electron chi connectivity index (χ2n) is 10.7. The Kier molecular flexibility index (Phi) is 9.36. The van der Waals surface area contributed by atoms with Gasteiger partial charge < -0.3 is 9.47 Å². The highest BCUT2D eigenvalue weighted by molar-refractivity contribution is 9.10. The van der Waals surface area contributed by atoms with Crippen LogP contribution in [0.4, 0.5) is 16.2 Å². The minimum Gasteiger partial charge on any atom is -0.490 e. The number of benzene rings is 5. The van der Waals surface area contributed by atoms with Crippen molar-refractivity contribution in [2.75, 3.05) is 16.4 Å². The lowest BCUT2D eigenvalue weighted by Crippen LogP contribution is -2.57. The van der Waals surface area contributed by atoms with Gasteiger partial charge in [0.1, 0.15) is 12.2 Å². The van der Waals surface area contributed by atoms with Crippen LogP contribution in [0.5, 0.6) is 11.5 Å². The van der Waals surface area contributed by atoms with E-state index in [1.807, 2.05) is 44.2 Å². The highest BCUT2D eigenvalue weighted by atomic mass is 79.9. The maximum Gasteiger partial charge on any atom is 0.343 e. The number of hydrogen-bond acceptors (Lipinski definition) is 5. The SMILES string of the molecule is CCOc1cc(/C=C2\C(=O)N(c3ccc(C)cc3)C(=O)N(c3cccc4ccccc34)C2=O)cc(Br)c1OCc1ccc(Cl)cc1Cl. The van der Waals surface area contributed by atoms with E-state index in [1.54, 1.807) is 66.7 Å². The highest BCUT2D eigenvalue weighted by Gasteiger charge is 2.44. The predicted octanol–water partition coefficient (Wildman–Crippen LogP) is 9.78. The number of fused-ring (bicyclic) bond motifs is 1. The molecule has 0 bridgehead atoms. The first-order valence-corrected chi connectivity index (χ1v) is 16.2. The van der Waals surface area contributed by atoms with E-state index < -0.39 is 17.8 Å². The first kappa shape index (κ1) is 32.3. The Bertz CT molecular complexity index is 2070. The fourth-order valence-corrected chi connectivity index (χ4v) is 6.33. The second-order valence-corrected chi connectivity index (χ2v) is 12.4. The molecule has 0 atom stereocenters. The molecule has 7 nitrogen and oxygen atoms in total. The standard InChI is InChI=1S/C37H27BrCl2N2O5/c1-3-46-33-19-23(18-30(38)34(33)47-21-25-13-14-26(39)20-31(25)40)17-29-35(43)41(27-15-11-22(2)12-16-27)37(45)42(36(29)44)32-10-6-8-24-7-4-5-9-28(24)32/h4-20H,3,21H2,1-2H3/b29-17+. The molecule has 0 spiro atoms. The van der Waals surface area contributed by atoms with Crippen molar-refractivity contribution in [3.63, 3.8) is 0 Å². The van der Waals surface area contributed by atoms with Crippen LogP contribution >= 0.6 is 39.1 Å². The topological polar surface area (TPSA) is 76.2 Å². The number of hydrogen-bond donors (Lipinski definition) is 0. The number of halogens is 3. The molecule has 4 amide bonds. The van der Waals surface area contributed by atoms with Crippen molar-refractivity contribution in [2.24, 2.45) is 0 Å². The van der Waals surface area contributed by atoms with E-state index in [0.717, 1.165) is 26.3 Å². The Morgan fingerprint density at radius 1 is 0.809 bits per heavy atom. The highest BCUT2D eigenvalue weighted by Crippen LogP contribution is 2.40. The van der Waals surface area contributed by atoms with Crippen molar-refractivity contribution in [1.29, 1.82) is 0 Å². The van der Waals surface area contributed by atoms with Crippen molar-refractivity contribution in [3.8, 4) is 11.5 Å². The van der Waals surface area contributed by atoms with Gasteiger partial charge in [0, 0.05) is 21.0 Å². The van der Waals surface area contributed by atoms with Crippen LogP contribution in [0.3, 0.4) is 0 Å². The smallest absolute Gasteiger partial charge is 0.343 e. The van der Waals surface area contributed by atoms with Gasteiger partial charge in [-0.2, -0.15) is 0 Å². The van der Waals surface area contributed by atoms with E-state index in [9.17, 15) is 14.4 Å². The van der Waals surface area contributed by atoms with Crippen molar-refractivity contribution in [3.05, 3.63) is 134 Å². The zero-order valence-electron chi connectivity index (χ0n) is 25.3. The summed E-state index contributed by atoms with van der Waals surface area (Å²) in [5, 5.41) is 2.51. The lowest BCUT2D eigenvalue weighted by atomic mass is 10.0. The zero-order valence-corrected chi connectivity index (χ0v) is 28.4. The van der Waals surface area contributed by atoms with Gasteiger partial charge in [0.25, 0.3) is 11.8 Å². The predicted molar refractivity (Wildman–Crippen MR) is 190 cm³/mol. The Morgan fingerprint density at radius 3 is 2.28 bits per heavy atom. The van der Waals surface area contributed by atoms with Crippen molar-refractivity contribution >= 4 is 85.2 Å². The molecule has 0 saturated carbocycles. The molecule has 1 fully saturated rings. The van der Waals surface area contributed by atoms with Gasteiger partial charge in [-0.1, -0.05) is 83.4 Å². The van der Waals surface area contributed by atoms with E-state index in [4.69, 9.17) is 32.7 Å². The van der Waals surface area contributed by atoms with Gasteiger partial charge in [-0.25, -0.2) is 14.6 Å². The second kappa shape index (κ2) is 13.6. The lowest BCUT2D eigenvalue weighted by Gasteiger charge is -2.34. The van der Waals surface area contributed by atoms with Crippen LogP contribution < -0.4 is 19.3 Å². The summed E-state index contributed by atoms with van der Waals surface area (Å²) in [5.41, 5.74) is 2.67. The van der Waals surface area contributed by atoms with Crippen LogP contribution in [0.25, 0.3) is 16.8 Å². The zero-order chi connectivity index (χ0) is 33.2. The Balaban J connectivity index is 1.44. The monoisotopic (exact) mass is 728 g/mol. The summed E-state index contributed by atoms with van der Waals surface area (Å²) in [7, 11) is 0. The molecule has 1 aliphatic rings. The quantitative estimate of drug-likeness (QED) is 0.117. The van der Waals surface area contributed by atoms with Gasteiger partial charge in [0.15, 0.2) is 11.5 Å². The summed E-state index contributed by atoms with van der Waals surface area (Å²) >= 11 is 16.0. The average molecular weight is 730 g/mol. The van der Waals surface area contributed by atoms with Crippen molar-refractivity contribution < 1.29 is 23.9 Å². The van der Waals surface area contributed by atoms with Gasteiger partial charge in [-0.05, 0) is 89.3 Å². The van der Waals surface area contributed by atoms with Crippen LogP contribution in [-0.4, -0.2) is 24.5 Å². The number of aryl methyl sites for hydroxylation is 1. The number of rotatable bonds is 8. The summed E-state index contributed by atoms with van der Waals surface area (Å²) in [6, 6.07) is 27.6. The molecule has 5 aromatic rings. The molecule has 0 radical (unpaired) electrons. The number of anilines is 2. The molecule has 0 unspecified atom stereocenters. The number of carbonyl (C=O) groups excluding carboxylic acids is 3. The third-order valence-electron chi connectivity index (χ3n) is 7.58. The van der Waals surface area contributed by atoms with Crippen LogP contribution in [0, 0.1) is 6.92 Å². The maximum atomic E-state index is 14.2. The number of carbonyl (C=O) groups is 3. The number of imide groups is 2. The molecule has 1 aliphatic heterocycles. The molecule has 10 heteroatoms. The number of urea groups is 1.